The second-order valence-electron chi connectivity index (χ2n) is 7.50. The summed E-state index contributed by atoms with van der Waals surface area (Å²) in [4.78, 5) is 38.2. The van der Waals surface area contributed by atoms with E-state index in [-0.39, 0.29) is 23.5 Å². The molecule has 3 aromatic rings. The van der Waals surface area contributed by atoms with E-state index < -0.39 is 0 Å². The van der Waals surface area contributed by atoms with Crippen molar-refractivity contribution in [2.45, 2.75) is 24.5 Å². The van der Waals surface area contributed by atoms with E-state index in [2.05, 4.69) is 26.2 Å². The molecule has 33 heavy (non-hydrogen) atoms. The van der Waals surface area contributed by atoms with Crippen molar-refractivity contribution < 1.29 is 14.4 Å². The quantitative estimate of drug-likeness (QED) is 0.488. The Labute approximate surface area is 194 Å². The molecular formula is C22H23N7O3S. The average Bonchev–Trinajstić information content (AvgIpc) is 3.44. The third kappa shape index (κ3) is 5.75. The number of thioether (sulfide) groups is 1. The maximum Gasteiger partial charge on any atom is 0.251 e. The normalized spacial score (nSPS) is 13.2. The van der Waals surface area contributed by atoms with Crippen LogP contribution in [0.25, 0.3) is 0 Å². The standard InChI is InChI=1S/C22H23N7O3S/c1-28-22(25-26-27-28)33-14-19(30)24-17-8-6-16(7-9-17)21(32)23-13-15-4-10-18(11-5-15)29-12-2-3-20(29)31/h4-11H,2-3,12-14H2,1H3,(H,23,32)(H,24,30). The smallest absolute Gasteiger partial charge is 0.251 e. The van der Waals surface area contributed by atoms with Gasteiger partial charge in [0.15, 0.2) is 0 Å². The topological polar surface area (TPSA) is 122 Å². The third-order valence-corrected chi connectivity index (χ3v) is 6.13. The lowest BCUT2D eigenvalue weighted by Crippen LogP contribution is -2.24. The number of hydrogen-bond acceptors (Lipinski definition) is 7. The zero-order valence-electron chi connectivity index (χ0n) is 18.0. The van der Waals surface area contributed by atoms with Crippen molar-refractivity contribution in [1.82, 2.24) is 25.5 Å². The molecule has 2 aromatic carbocycles. The Bertz CT molecular complexity index is 1150. The summed E-state index contributed by atoms with van der Waals surface area (Å²) in [5, 5.41) is 17.3. The number of aromatic nitrogens is 4. The first-order chi connectivity index (χ1) is 16.0. The molecule has 0 spiro atoms. The Kier molecular flexibility index (Phi) is 6.98. The molecule has 0 atom stereocenters. The van der Waals surface area contributed by atoms with Gasteiger partial charge in [-0.2, -0.15) is 0 Å². The van der Waals surface area contributed by atoms with E-state index in [0.717, 1.165) is 24.2 Å². The molecule has 11 heteroatoms. The van der Waals surface area contributed by atoms with E-state index in [1.54, 1.807) is 36.2 Å². The van der Waals surface area contributed by atoms with Crippen LogP contribution in [0.3, 0.4) is 0 Å². The summed E-state index contributed by atoms with van der Waals surface area (Å²) in [7, 11) is 1.70. The van der Waals surface area contributed by atoms with E-state index in [0.29, 0.717) is 29.4 Å². The highest BCUT2D eigenvalue weighted by molar-refractivity contribution is 7.99. The van der Waals surface area contributed by atoms with Crippen LogP contribution in [0, 0.1) is 0 Å². The molecule has 2 N–H and O–H groups in total. The fourth-order valence-electron chi connectivity index (χ4n) is 3.37. The second kappa shape index (κ2) is 10.3. The van der Waals surface area contributed by atoms with Crippen LogP contribution >= 0.6 is 11.8 Å². The van der Waals surface area contributed by atoms with Crippen molar-refractivity contribution in [3.8, 4) is 0 Å². The number of tetrazole rings is 1. The summed E-state index contributed by atoms with van der Waals surface area (Å²) in [6, 6.07) is 14.3. The van der Waals surface area contributed by atoms with Gasteiger partial charge in [0.05, 0.1) is 5.75 Å². The number of carbonyl (C=O) groups is 3. The van der Waals surface area contributed by atoms with Crippen molar-refractivity contribution in [1.29, 1.82) is 0 Å². The molecule has 1 saturated heterocycles. The molecule has 4 rings (SSSR count). The van der Waals surface area contributed by atoms with E-state index in [4.69, 9.17) is 0 Å². The highest BCUT2D eigenvalue weighted by Crippen LogP contribution is 2.21. The number of carbonyl (C=O) groups excluding carboxylic acids is 3. The molecule has 0 unspecified atom stereocenters. The van der Waals surface area contributed by atoms with Crippen LogP contribution in [0.2, 0.25) is 0 Å². The molecule has 3 amide bonds. The van der Waals surface area contributed by atoms with Gasteiger partial charge in [0.1, 0.15) is 0 Å². The zero-order chi connectivity index (χ0) is 23.2. The maximum atomic E-state index is 12.5. The number of benzene rings is 2. The SMILES string of the molecule is Cn1nnnc1SCC(=O)Nc1ccc(C(=O)NCc2ccc(N3CCCC3=O)cc2)cc1. The number of aryl methyl sites for hydroxylation is 1. The third-order valence-electron chi connectivity index (χ3n) is 5.12. The molecule has 1 aliphatic heterocycles. The Morgan fingerprint density at radius 1 is 1.09 bits per heavy atom. The van der Waals surface area contributed by atoms with Gasteiger partial charge in [-0.3, -0.25) is 14.4 Å². The minimum Gasteiger partial charge on any atom is -0.348 e. The molecule has 1 fully saturated rings. The molecule has 10 nitrogen and oxygen atoms in total. The number of hydrogen-bond donors (Lipinski definition) is 2. The van der Waals surface area contributed by atoms with E-state index in [1.807, 2.05) is 24.3 Å². The number of amides is 3. The minimum atomic E-state index is -0.211. The van der Waals surface area contributed by atoms with Crippen LogP contribution in [0.5, 0.6) is 0 Å². The second-order valence-corrected chi connectivity index (χ2v) is 8.44. The molecule has 0 saturated carbocycles. The molecule has 1 aromatic heterocycles. The summed E-state index contributed by atoms with van der Waals surface area (Å²) in [6.45, 7) is 1.13. The van der Waals surface area contributed by atoms with Gasteiger partial charge in [0.2, 0.25) is 17.0 Å². The molecule has 170 valence electrons. The van der Waals surface area contributed by atoms with Gasteiger partial charge < -0.3 is 15.5 Å². The summed E-state index contributed by atoms with van der Waals surface area (Å²) in [5.41, 5.74) is 2.92. The van der Waals surface area contributed by atoms with Crippen molar-refractivity contribution in [2.75, 3.05) is 22.5 Å². The molecule has 0 bridgehead atoms. The van der Waals surface area contributed by atoms with E-state index >= 15 is 0 Å². The first-order valence-corrected chi connectivity index (χ1v) is 11.4. The minimum absolute atomic E-state index is 0.150. The lowest BCUT2D eigenvalue weighted by atomic mass is 10.1. The van der Waals surface area contributed by atoms with Gasteiger partial charge in [-0.05, 0) is 58.8 Å². The van der Waals surface area contributed by atoms with Crippen LogP contribution in [-0.2, 0) is 23.2 Å². The first kappa shape index (κ1) is 22.5. The molecule has 0 radical (unpaired) electrons. The Morgan fingerprint density at radius 3 is 2.48 bits per heavy atom. The Balaban J connectivity index is 1.24. The summed E-state index contributed by atoms with van der Waals surface area (Å²) in [5.74, 6) is -0.0882. The van der Waals surface area contributed by atoms with Gasteiger partial charge in [-0.1, -0.05) is 23.9 Å². The highest BCUT2D eigenvalue weighted by atomic mass is 32.2. The summed E-state index contributed by atoms with van der Waals surface area (Å²) < 4.78 is 1.49. The first-order valence-electron chi connectivity index (χ1n) is 10.4. The van der Waals surface area contributed by atoms with Crippen molar-refractivity contribution in [3.63, 3.8) is 0 Å². The average molecular weight is 466 g/mol. The molecular weight excluding hydrogens is 442 g/mol. The van der Waals surface area contributed by atoms with Crippen LogP contribution in [-0.4, -0.2) is 50.2 Å². The number of nitrogens with zero attached hydrogens (tertiary/aromatic N) is 5. The summed E-state index contributed by atoms with van der Waals surface area (Å²) in [6.07, 6.45) is 1.48. The van der Waals surface area contributed by atoms with E-state index in [9.17, 15) is 14.4 Å². The zero-order valence-corrected chi connectivity index (χ0v) is 18.8. The predicted octanol–water partition coefficient (Wildman–Crippen LogP) is 2.00. The van der Waals surface area contributed by atoms with E-state index in [1.165, 1.54) is 16.4 Å². The Hall–Kier alpha value is -3.73. The predicted molar refractivity (Wildman–Crippen MR) is 124 cm³/mol. The number of nitrogens with one attached hydrogen (secondary N) is 2. The van der Waals surface area contributed by atoms with Crippen molar-refractivity contribution in [2.24, 2.45) is 7.05 Å². The van der Waals surface area contributed by atoms with Gasteiger partial charge in [-0.15, -0.1) is 5.10 Å². The van der Waals surface area contributed by atoms with Gasteiger partial charge in [0, 0.05) is 43.5 Å². The van der Waals surface area contributed by atoms with Crippen LogP contribution in [0.1, 0.15) is 28.8 Å². The molecule has 0 aliphatic carbocycles. The van der Waals surface area contributed by atoms with Crippen molar-refractivity contribution >= 4 is 40.9 Å². The number of rotatable bonds is 8. The maximum absolute atomic E-state index is 12.5. The van der Waals surface area contributed by atoms with Gasteiger partial charge >= 0.3 is 0 Å². The lowest BCUT2D eigenvalue weighted by molar-refractivity contribution is -0.117. The summed E-state index contributed by atoms with van der Waals surface area (Å²) >= 11 is 1.23. The fourth-order valence-corrected chi connectivity index (χ4v) is 4.02. The number of anilines is 2. The fraction of sp³-hybridized carbons (Fsp3) is 0.273. The van der Waals surface area contributed by atoms with Gasteiger partial charge in [-0.25, -0.2) is 4.68 Å². The van der Waals surface area contributed by atoms with Gasteiger partial charge in [0.25, 0.3) is 5.91 Å². The molecule has 1 aliphatic rings. The highest BCUT2D eigenvalue weighted by Gasteiger charge is 2.21. The Morgan fingerprint density at radius 2 is 1.85 bits per heavy atom. The van der Waals surface area contributed by atoms with Crippen molar-refractivity contribution in [3.05, 3.63) is 59.7 Å². The lowest BCUT2D eigenvalue weighted by Gasteiger charge is -2.16. The largest absolute Gasteiger partial charge is 0.348 e. The monoisotopic (exact) mass is 465 g/mol. The van der Waals surface area contributed by atoms with Crippen LogP contribution < -0.4 is 15.5 Å². The van der Waals surface area contributed by atoms with Crippen LogP contribution in [0.4, 0.5) is 11.4 Å². The molecule has 2 heterocycles. The van der Waals surface area contributed by atoms with Crippen LogP contribution in [0.15, 0.2) is 53.7 Å².